The zero-order valence-electron chi connectivity index (χ0n) is 11.3. The number of thioether (sulfide) groups is 1. The van der Waals surface area contributed by atoms with Crippen molar-refractivity contribution in [3.05, 3.63) is 29.3 Å². The Bertz CT molecular complexity index is 734. The van der Waals surface area contributed by atoms with Gasteiger partial charge in [0.2, 0.25) is 0 Å². The van der Waals surface area contributed by atoms with Gasteiger partial charge in [0.25, 0.3) is 5.91 Å². The first-order valence-corrected chi connectivity index (χ1v) is 10.1. The Labute approximate surface area is 142 Å². The molecule has 0 N–H and O–H groups in total. The zero-order valence-corrected chi connectivity index (χ0v) is 14.4. The van der Waals surface area contributed by atoms with E-state index in [2.05, 4.69) is 4.99 Å². The Kier molecular flexibility index (Phi) is 4.42. The maximum absolute atomic E-state index is 11.9. The minimum Gasteiger partial charge on any atom is -0.316 e. The molecule has 2 unspecified atom stereocenters. The van der Waals surface area contributed by atoms with Crippen LogP contribution >= 0.6 is 35.0 Å². The molecule has 0 bridgehead atoms. The topological polar surface area (TPSA) is 66.8 Å². The molecule has 5 nitrogen and oxygen atoms in total. The van der Waals surface area contributed by atoms with E-state index in [1.54, 1.807) is 29.2 Å². The molecule has 1 aromatic carbocycles. The molecule has 118 valence electrons. The number of halogens is 2. The van der Waals surface area contributed by atoms with Crippen LogP contribution in [0.5, 0.6) is 0 Å². The summed E-state index contributed by atoms with van der Waals surface area (Å²) in [7, 11) is -3.07. The summed E-state index contributed by atoms with van der Waals surface area (Å²) in [5.41, 5.74) is 0.766. The van der Waals surface area contributed by atoms with E-state index in [0.717, 1.165) is 5.69 Å². The van der Waals surface area contributed by atoms with Crippen molar-refractivity contribution in [2.75, 3.05) is 22.3 Å². The third-order valence-electron chi connectivity index (χ3n) is 3.51. The molecular weight excluding hydrogens is 367 g/mol. The monoisotopic (exact) mass is 378 g/mol. The molecular formula is C13H12Cl2N2O3S2. The van der Waals surface area contributed by atoms with Crippen LogP contribution in [0.15, 0.2) is 29.3 Å². The van der Waals surface area contributed by atoms with Gasteiger partial charge in [0, 0.05) is 16.0 Å². The van der Waals surface area contributed by atoms with Gasteiger partial charge in [-0.25, -0.2) is 8.42 Å². The van der Waals surface area contributed by atoms with Gasteiger partial charge >= 0.3 is 0 Å². The molecule has 2 fully saturated rings. The maximum Gasteiger partial charge on any atom is 0.262 e. The van der Waals surface area contributed by atoms with Crippen LogP contribution in [-0.2, 0) is 14.6 Å². The summed E-state index contributed by atoms with van der Waals surface area (Å²) in [4.78, 5) is 17.4. The number of sulfone groups is 1. The largest absolute Gasteiger partial charge is 0.316 e. The Hall–Kier alpha value is -0.760. The molecule has 9 heteroatoms. The summed E-state index contributed by atoms with van der Waals surface area (Å²) < 4.78 is 23.7. The van der Waals surface area contributed by atoms with Crippen LogP contribution in [0.2, 0.25) is 5.02 Å². The van der Waals surface area contributed by atoms with E-state index in [0.29, 0.717) is 10.2 Å². The highest BCUT2D eigenvalue weighted by Gasteiger charge is 2.49. The number of hydrogen-bond acceptors (Lipinski definition) is 4. The lowest BCUT2D eigenvalue weighted by atomic mass is 10.2. The lowest BCUT2D eigenvalue weighted by Gasteiger charge is -2.24. The molecule has 2 aliphatic rings. The van der Waals surface area contributed by atoms with E-state index >= 15 is 0 Å². The van der Waals surface area contributed by atoms with Crippen LogP contribution in [0.1, 0.15) is 0 Å². The quantitative estimate of drug-likeness (QED) is 0.737. The summed E-state index contributed by atoms with van der Waals surface area (Å²) in [5, 5.41) is 0.960. The number of benzene rings is 1. The molecule has 22 heavy (non-hydrogen) atoms. The van der Waals surface area contributed by atoms with Gasteiger partial charge in [-0.3, -0.25) is 4.79 Å². The number of hydrogen-bond donors (Lipinski definition) is 0. The second-order valence-electron chi connectivity index (χ2n) is 5.07. The second kappa shape index (κ2) is 6.03. The van der Waals surface area contributed by atoms with Crippen LogP contribution in [0, 0.1) is 0 Å². The molecule has 1 amide bonds. The molecule has 2 aliphatic heterocycles. The van der Waals surface area contributed by atoms with E-state index < -0.39 is 15.7 Å². The Balaban J connectivity index is 2.01. The van der Waals surface area contributed by atoms with Crippen LogP contribution in [0.4, 0.5) is 5.69 Å². The first-order chi connectivity index (χ1) is 10.4. The van der Waals surface area contributed by atoms with E-state index in [4.69, 9.17) is 23.2 Å². The fourth-order valence-corrected chi connectivity index (χ4v) is 6.72. The molecule has 2 atom stereocenters. The summed E-state index contributed by atoms with van der Waals surface area (Å²) in [6.45, 7) is 0. The molecule has 2 saturated heterocycles. The number of nitrogens with zero attached hydrogens (tertiary/aromatic N) is 2. The number of alkyl halides is 1. The van der Waals surface area contributed by atoms with Crippen molar-refractivity contribution in [2.45, 2.75) is 11.3 Å². The Morgan fingerprint density at radius 2 is 2.00 bits per heavy atom. The molecule has 0 aliphatic carbocycles. The summed E-state index contributed by atoms with van der Waals surface area (Å²) in [6.07, 6.45) is 0. The first kappa shape index (κ1) is 16.1. The zero-order chi connectivity index (χ0) is 15.9. The van der Waals surface area contributed by atoms with Crippen molar-refractivity contribution in [1.82, 2.24) is 0 Å². The van der Waals surface area contributed by atoms with Gasteiger partial charge in [0.1, 0.15) is 5.88 Å². The normalized spacial score (nSPS) is 28.1. The summed E-state index contributed by atoms with van der Waals surface area (Å²) in [6, 6.07) is 6.80. The van der Waals surface area contributed by atoms with Crippen LogP contribution in [-0.4, -0.2) is 48.2 Å². The maximum atomic E-state index is 11.9. The van der Waals surface area contributed by atoms with Crippen molar-refractivity contribution in [3.8, 4) is 0 Å². The van der Waals surface area contributed by atoms with Crippen molar-refractivity contribution in [2.24, 2.45) is 4.99 Å². The average molecular weight is 379 g/mol. The molecule has 0 aromatic heterocycles. The lowest BCUT2D eigenvalue weighted by molar-refractivity contribution is -0.115. The number of amidine groups is 1. The minimum atomic E-state index is -3.07. The standard InChI is InChI=1S/C13H12Cl2N2O3S2/c14-5-12(18)16-13-17(9-3-1-8(15)2-4-9)10-6-22(19,20)7-11(10)21-13/h1-4,10-11H,5-7H2. The van der Waals surface area contributed by atoms with Gasteiger partial charge in [-0.05, 0) is 24.3 Å². The highest BCUT2D eigenvalue weighted by Crippen LogP contribution is 2.41. The fourth-order valence-electron chi connectivity index (χ4n) is 2.60. The minimum absolute atomic E-state index is 0.0569. The van der Waals surface area contributed by atoms with E-state index in [1.165, 1.54) is 11.8 Å². The van der Waals surface area contributed by atoms with E-state index in [9.17, 15) is 13.2 Å². The Morgan fingerprint density at radius 3 is 2.64 bits per heavy atom. The molecule has 0 spiro atoms. The van der Waals surface area contributed by atoms with Crippen molar-refractivity contribution in [1.29, 1.82) is 0 Å². The number of anilines is 1. The molecule has 3 rings (SSSR count). The van der Waals surface area contributed by atoms with Crippen LogP contribution < -0.4 is 4.90 Å². The second-order valence-corrected chi connectivity index (χ2v) is 9.13. The van der Waals surface area contributed by atoms with Gasteiger partial charge < -0.3 is 4.90 Å². The predicted molar refractivity (Wildman–Crippen MR) is 90.9 cm³/mol. The Morgan fingerprint density at radius 1 is 1.32 bits per heavy atom. The van der Waals surface area contributed by atoms with Crippen LogP contribution in [0.3, 0.4) is 0 Å². The van der Waals surface area contributed by atoms with E-state index in [1.807, 2.05) is 0 Å². The van der Waals surface area contributed by atoms with Gasteiger partial charge in [-0.2, -0.15) is 4.99 Å². The third kappa shape index (κ3) is 3.13. The number of aliphatic imine (C=N–C) groups is 1. The fraction of sp³-hybridized carbons (Fsp3) is 0.385. The number of carbonyl (C=O) groups excluding carboxylic acids is 1. The molecule has 1 aromatic rings. The first-order valence-electron chi connectivity index (χ1n) is 6.49. The molecule has 0 saturated carbocycles. The predicted octanol–water partition coefficient (Wildman–Crippen LogP) is 2.18. The highest BCUT2D eigenvalue weighted by molar-refractivity contribution is 8.16. The van der Waals surface area contributed by atoms with Gasteiger partial charge in [-0.15, -0.1) is 11.6 Å². The van der Waals surface area contributed by atoms with Crippen molar-refractivity contribution >= 4 is 61.6 Å². The van der Waals surface area contributed by atoms with E-state index in [-0.39, 0.29) is 28.7 Å². The summed E-state index contributed by atoms with van der Waals surface area (Å²) >= 11 is 12.7. The highest BCUT2D eigenvalue weighted by atomic mass is 35.5. The smallest absolute Gasteiger partial charge is 0.262 e. The lowest BCUT2D eigenvalue weighted by Crippen LogP contribution is -2.37. The number of carbonyl (C=O) groups is 1. The third-order valence-corrected chi connectivity index (χ3v) is 7.20. The van der Waals surface area contributed by atoms with Crippen molar-refractivity contribution < 1.29 is 13.2 Å². The van der Waals surface area contributed by atoms with Crippen LogP contribution in [0.25, 0.3) is 0 Å². The van der Waals surface area contributed by atoms with Crippen molar-refractivity contribution in [3.63, 3.8) is 0 Å². The van der Waals surface area contributed by atoms with Gasteiger partial charge in [-0.1, -0.05) is 23.4 Å². The van der Waals surface area contributed by atoms with Gasteiger partial charge in [0.05, 0.1) is 17.5 Å². The number of fused-ring (bicyclic) bond motifs is 1. The number of amides is 1. The SMILES string of the molecule is O=C(CCl)N=C1SC2CS(=O)(=O)CC2N1c1ccc(Cl)cc1. The molecule has 2 heterocycles. The summed E-state index contributed by atoms with van der Waals surface area (Å²) in [5.74, 6) is -0.487. The number of rotatable bonds is 2. The molecule has 0 radical (unpaired) electrons. The average Bonchev–Trinajstić information content (AvgIpc) is 2.91. The van der Waals surface area contributed by atoms with Gasteiger partial charge in [0.15, 0.2) is 15.0 Å².